The maximum Gasteiger partial charge on any atom is 0.303 e. The minimum absolute atomic E-state index is 0.0532. The first kappa shape index (κ1) is 36.5. The second kappa shape index (κ2) is 18.2. The summed E-state index contributed by atoms with van der Waals surface area (Å²) < 4.78 is 21.7. The fourth-order valence-electron chi connectivity index (χ4n) is 4.25. The Hall–Kier alpha value is -1.68. The number of carbonyl (C=O) groups excluding carboxylic acids is 2. The molecule has 0 bridgehead atoms. The number of nitrogens with one attached hydrogen (secondary N) is 2. The van der Waals surface area contributed by atoms with Gasteiger partial charge in [0.05, 0.1) is 19.8 Å². The van der Waals surface area contributed by atoms with Crippen LogP contribution in [-0.2, 0) is 33.3 Å². The molecular formula is C24H42N2O15S. The van der Waals surface area contributed by atoms with Gasteiger partial charge in [0.1, 0.15) is 54.9 Å². The van der Waals surface area contributed by atoms with Crippen LogP contribution in [0.1, 0.15) is 26.2 Å². The molecule has 0 aliphatic carbocycles. The number of ether oxygens (including phenoxy) is 4. The van der Waals surface area contributed by atoms with Gasteiger partial charge >= 0.3 is 5.97 Å². The molecule has 10 N–H and O–H groups in total. The van der Waals surface area contributed by atoms with Gasteiger partial charge in [-0.3, -0.25) is 14.4 Å². The number of carboxylic acids is 1. The smallest absolute Gasteiger partial charge is 0.303 e. The third-order valence-corrected chi connectivity index (χ3v) is 7.56. The largest absolute Gasteiger partial charge is 0.481 e. The van der Waals surface area contributed by atoms with E-state index >= 15 is 0 Å². The van der Waals surface area contributed by atoms with Crippen LogP contribution in [0.25, 0.3) is 0 Å². The lowest BCUT2D eigenvalue weighted by Gasteiger charge is -2.45. The minimum Gasteiger partial charge on any atom is -0.481 e. The predicted molar refractivity (Wildman–Crippen MR) is 142 cm³/mol. The first-order valence-corrected chi connectivity index (χ1v) is 14.7. The maximum absolute atomic E-state index is 12.6. The van der Waals surface area contributed by atoms with Crippen molar-refractivity contribution in [2.45, 2.75) is 93.6 Å². The summed E-state index contributed by atoms with van der Waals surface area (Å²) in [5.41, 5.74) is 0. The molecule has 11 atom stereocenters. The Morgan fingerprint density at radius 2 is 1.52 bits per heavy atom. The van der Waals surface area contributed by atoms with Crippen molar-refractivity contribution < 1.29 is 74.2 Å². The molecule has 0 radical (unpaired) electrons. The van der Waals surface area contributed by atoms with Crippen LogP contribution in [0.5, 0.6) is 0 Å². The van der Waals surface area contributed by atoms with E-state index in [-0.39, 0.29) is 38.2 Å². The van der Waals surface area contributed by atoms with Crippen molar-refractivity contribution in [2.24, 2.45) is 0 Å². The molecule has 2 amide bonds. The molecule has 42 heavy (non-hydrogen) atoms. The minimum atomic E-state index is -1.79. The van der Waals surface area contributed by atoms with Gasteiger partial charge in [-0.25, -0.2) is 0 Å². The molecule has 0 aromatic carbocycles. The van der Waals surface area contributed by atoms with Crippen molar-refractivity contribution in [3.63, 3.8) is 0 Å². The van der Waals surface area contributed by atoms with Crippen molar-refractivity contribution in [1.82, 2.24) is 10.6 Å². The van der Waals surface area contributed by atoms with Crippen molar-refractivity contribution in [3.8, 4) is 0 Å². The summed E-state index contributed by atoms with van der Waals surface area (Å²) in [5, 5.41) is 84.3. The van der Waals surface area contributed by atoms with Crippen LogP contribution in [0.2, 0.25) is 0 Å². The van der Waals surface area contributed by atoms with E-state index in [0.29, 0.717) is 5.75 Å². The van der Waals surface area contributed by atoms with Crippen molar-refractivity contribution in [3.05, 3.63) is 0 Å². The van der Waals surface area contributed by atoms with E-state index in [1.54, 1.807) is 0 Å². The molecule has 2 fully saturated rings. The monoisotopic (exact) mass is 630 g/mol. The van der Waals surface area contributed by atoms with Crippen LogP contribution in [-0.4, -0.2) is 164 Å². The SMILES string of the molecule is CCSCC(NC(=O)CCCC(=O)O)C(=O)NCCO[C@@H]1OC(CO)[C@@H](O[C@H]2OC(CO)[C@@H](O)[C@H](O)C2O)[C@H](O)C1O. The Labute approximate surface area is 246 Å². The van der Waals surface area contributed by atoms with Gasteiger partial charge in [0, 0.05) is 25.1 Å². The van der Waals surface area contributed by atoms with E-state index in [2.05, 4.69) is 10.6 Å². The van der Waals surface area contributed by atoms with Gasteiger partial charge in [-0.2, -0.15) is 11.8 Å². The summed E-state index contributed by atoms with van der Waals surface area (Å²) in [6.45, 7) is 0.135. The highest BCUT2D eigenvalue weighted by atomic mass is 32.2. The van der Waals surface area contributed by atoms with Gasteiger partial charge in [0.15, 0.2) is 12.6 Å². The summed E-state index contributed by atoms with van der Waals surface area (Å²) >= 11 is 1.41. The first-order valence-electron chi connectivity index (χ1n) is 13.5. The zero-order valence-corrected chi connectivity index (χ0v) is 23.9. The molecule has 2 heterocycles. The summed E-state index contributed by atoms with van der Waals surface area (Å²) in [7, 11) is 0. The molecule has 0 saturated carbocycles. The first-order chi connectivity index (χ1) is 19.9. The van der Waals surface area contributed by atoms with Gasteiger partial charge in [-0.05, 0) is 12.2 Å². The normalized spacial score (nSPS) is 34.0. The van der Waals surface area contributed by atoms with E-state index in [9.17, 15) is 50.1 Å². The molecule has 244 valence electrons. The lowest BCUT2D eigenvalue weighted by atomic mass is 9.97. The number of rotatable bonds is 17. The highest BCUT2D eigenvalue weighted by molar-refractivity contribution is 7.99. The van der Waals surface area contributed by atoms with Crippen molar-refractivity contribution >= 4 is 29.5 Å². The summed E-state index contributed by atoms with van der Waals surface area (Å²) in [4.78, 5) is 35.4. The van der Waals surface area contributed by atoms with Crippen LogP contribution in [0.3, 0.4) is 0 Å². The van der Waals surface area contributed by atoms with Crippen molar-refractivity contribution in [2.75, 3.05) is 37.9 Å². The molecule has 0 aromatic rings. The van der Waals surface area contributed by atoms with Crippen LogP contribution in [0.4, 0.5) is 0 Å². The van der Waals surface area contributed by atoms with Crippen molar-refractivity contribution in [1.29, 1.82) is 0 Å². The summed E-state index contributed by atoms with van der Waals surface area (Å²) in [6.07, 6.45) is -16.0. The second-order valence-corrected chi connectivity index (χ2v) is 11.0. The van der Waals surface area contributed by atoms with Gasteiger partial charge in [0.25, 0.3) is 0 Å². The summed E-state index contributed by atoms with van der Waals surface area (Å²) in [5.74, 6) is -1.04. The number of hydrogen-bond acceptors (Lipinski definition) is 15. The molecule has 0 aromatic heterocycles. The van der Waals surface area contributed by atoms with E-state index < -0.39 is 98.5 Å². The average Bonchev–Trinajstić information content (AvgIpc) is 2.96. The van der Waals surface area contributed by atoms with E-state index in [1.807, 2.05) is 6.92 Å². The molecule has 2 saturated heterocycles. The van der Waals surface area contributed by atoms with E-state index in [1.165, 1.54) is 11.8 Å². The maximum atomic E-state index is 12.6. The van der Waals surface area contributed by atoms with Crippen LogP contribution in [0, 0.1) is 0 Å². The molecule has 18 heteroatoms. The molecule has 0 spiro atoms. The zero-order valence-electron chi connectivity index (χ0n) is 23.1. The Bertz CT molecular complexity index is 853. The Morgan fingerprint density at radius 3 is 2.14 bits per heavy atom. The number of aliphatic hydroxyl groups is 7. The Morgan fingerprint density at radius 1 is 0.881 bits per heavy atom. The fourth-order valence-corrected chi connectivity index (χ4v) is 4.96. The lowest BCUT2D eigenvalue weighted by Crippen LogP contribution is -2.64. The second-order valence-electron chi connectivity index (χ2n) is 9.69. The number of aliphatic hydroxyl groups excluding tert-OH is 7. The lowest BCUT2D eigenvalue weighted by molar-refractivity contribution is -0.359. The standard InChI is InChI=1S/C24H42N2O15S/c1-2-42-10-11(26-14(29)4-3-5-15(30)31)22(37)25-6-7-38-23-20(36)18(34)21(13(9-28)40-23)41-24-19(35)17(33)16(32)12(8-27)39-24/h11-13,16-21,23-24,27-28,32-36H,2-10H2,1H3,(H,25,37)(H,26,29)(H,30,31)/t11?,12?,13?,16-,17+,18-,19?,20?,21-,23-,24-/m1/s1. The van der Waals surface area contributed by atoms with Crippen LogP contribution >= 0.6 is 11.8 Å². The predicted octanol–water partition coefficient (Wildman–Crippen LogP) is -4.76. The fraction of sp³-hybridized carbons (Fsp3) is 0.875. The number of carbonyl (C=O) groups is 3. The van der Waals surface area contributed by atoms with Gasteiger partial charge in [0.2, 0.25) is 11.8 Å². The van der Waals surface area contributed by atoms with E-state index in [4.69, 9.17) is 24.1 Å². The molecule has 2 rings (SSSR count). The van der Waals surface area contributed by atoms with Gasteiger partial charge < -0.3 is 70.4 Å². The topological polar surface area (TPSA) is 274 Å². The highest BCUT2D eigenvalue weighted by Crippen LogP contribution is 2.29. The Kier molecular flexibility index (Phi) is 15.8. The number of aliphatic carboxylic acids is 1. The zero-order chi connectivity index (χ0) is 31.4. The Balaban J connectivity index is 1.88. The third-order valence-electron chi connectivity index (χ3n) is 6.58. The molecule has 5 unspecified atom stereocenters. The molecule has 2 aliphatic rings. The van der Waals surface area contributed by atoms with Crippen LogP contribution in [0.15, 0.2) is 0 Å². The number of thioether (sulfide) groups is 1. The molecule has 17 nitrogen and oxygen atoms in total. The van der Waals surface area contributed by atoms with Gasteiger partial charge in [-0.1, -0.05) is 6.92 Å². The molecule has 2 aliphatic heterocycles. The average molecular weight is 631 g/mol. The highest BCUT2D eigenvalue weighted by Gasteiger charge is 2.50. The van der Waals surface area contributed by atoms with Crippen LogP contribution < -0.4 is 10.6 Å². The van der Waals surface area contributed by atoms with E-state index in [0.717, 1.165) is 0 Å². The summed E-state index contributed by atoms with van der Waals surface area (Å²) in [6, 6.07) is -0.885. The molecular weight excluding hydrogens is 588 g/mol. The number of amides is 2. The van der Waals surface area contributed by atoms with Gasteiger partial charge in [-0.15, -0.1) is 0 Å². The number of hydrogen-bond donors (Lipinski definition) is 10. The quantitative estimate of drug-likeness (QED) is 0.0676. The number of carboxylic acid groups (broad SMARTS) is 1. The third kappa shape index (κ3) is 10.5.